The molecule has 0 aliphatic rings. The Morgan fingerprint density at radius 2 is 2.04 bits per heavy atom. The van der Waals surface area contributed by atoms with E-state index in [1.165, 1.54) is 15.6 Å². The van der Waals surface area contributed by atoms with E-state index in [0.29, 0.717) is 5.92 Å². The molecule has 1 heterocycles. The highest BCUT2D eigenvalue weighted by Gasteiger charge is 2.06. The molecular formula is C17H32N4OS. The van der Waals surface area contributed by atoms with Crippen molar-refractivity contribution in [3.05, 3.63) is 15.6 Å². The number of ether oxygens (including phenoxy) is 1. The van der Waals surface area contributed by atoms with E-state index in [-0.39, 0.29) is 0 Å². The Labute approximate surface area is 145 Å². The fraction of sp³-hybridized carbons (Fsp3) is 0.765. The molecule has 0 unspecified atom stereocenters. The summed E-state index contributed by atoms with van der Waals surface area (Å²) in [5.41, 5.74) is 1.23. The van der Waals surface area contributed by atoms with Gasteiger partial charge in [-0.2, -0.15) is 0 Å². The van der Waals surface area contributed by atoms with Crippen molar-refractivity contribution in [1.29, 1.82) is 0 Å². The molecule has 1 aromatic rings. The van der Waals surface area contributed by atoms with Crippen LogP contribution in [0.3, 0.4) is 0 Å². The van der Waals surface area contributed by atoms with Crippen LogP contribution in [-0.2, 0) is 17.6 Å². The number of aliphatic imine (C=N–C) groups is 1. The zero-order valence-electron chi connectivity index (χ0n) is 15.2. The van der Waals surface area contributed by atoms with Crippen LogP contribution < -0.4 is 10.6 Å². The van der Waals surface area contributed by atoms with Gasteiger partial charge < -0.3 is 15.4 Å². The minimum Gasteiger partial charge on any atom is -0.381 e. The molecule has 2 N–H and O–H groups in total. The Bertz CT molecular complexity index is 471. The Hall–Kier alpha value is -1.14. The van der Waals surface area contributed by atoms with E-state index in [1.54, 1.807) is 18.4 Å². The quantitative estimate of drug-likeness (QED) is 0.391. The number of nitrogens with zero attached hydrogens (tertiary/aromatic N) is 2. The molecule has 0 atom stereocenters. The molecule has 0 aliphatic heterocycles. The third-order valence-electron chi connectivity index (χ3n) is 3.34. The molecular weight excluding hydrogens is 308 g/mol. The van der Waals surface area contributed by atoms with Crippen LogP contribution in [0.25, 0.3) is 0 Å². The summed E-state index contributed by atoms with van der Waals surface area (Å²) in [4.78, 5) is 10.2. The van der Waals surface area contributed by atoms with Crippen LogP contribution in [-0.4, -0.2) is 44.3 Å². The minimum absolute atomic E-state index is 0.597. The van der Waals surface area contributed by atoms with Gasteiger partial charge in [-0.1, -0.05) is 20.8 Å². The highest BCUT2D eigenvalue weighted by Crippen LogP contribution is 2.17. The van der Waals surface area contributed by atoms with E-state index in [0.717, 1.165) is 51.5 Å². The van der Waals surface area contributed by atoms with Gasteiger partial charge in [0.1, 0.15) is 0 Å². The third kappa shape index (κ3) is 8.32. The van der Waals surface area contributed by atoms with E-state index in [2.05, 4.69) is 48.3 Å². The molecule has 6 heteroatoms. The second kappa shape index (κ2) is 11.4. The molecule has 0 radical (unpaired) electrons. The standard InChI is InChI=1S/C17H32N4OS/c1-6-15-14(4)23-16(21-15)8-10-20-17(18-5)19-9-7-11-22-12-13(2)3/h13H,6-12H2,1-5H3,(H2,18,19,20). The smallest absolute Gasteiger partial charge is 0.190 e. The summed E-state index contributed by atoms with van der Waals surface area (Å²) in [6, 6.07) is 0. The molecule has 0 bridgehead atoms. The highest BCUT2D eigenvalue weighted by atomic mass is 32.1. The Morgan fingerprint density at radius 1 is 1.30 bits per heavy atom. The summed E-state index contributed by atoms with van der Waals surface area (Å²) in [5, 5.41) is 7.85. The molecule has 0 spiro atoms. The van der Waals surface area contributed by atoms with Crippen molar-refractivity contribution in [2.75, 3.05) is 33.4 Å². The monoisotopic (exact) mass is 340 g/mol. The van der Waals surface area contributed by atoms with E-state index in [1.807, 2.05) is 0 Å². The molecule has 132 valence electrons. The Balaban J connectivity index is 2.16. The van der Waals surface area contributed by atoms with Crippen LogP contribution >= 0.6 is 11.3 Å². The van der Waals surface area contributed by atoms with Gasteiger partial charge in [0.05, 0.1) is 10.7 Å². The van der Waals surface area contributed by atoms with Gasteiger partial charge in [-0.3, -0.25) is 4.99 Å². The molecule has 23 heavy (non-hydrogen) atoms. The summed E-state index contributed by atoms with van der Waals surface area (Å²) in [6.07, 6.45) is 2.93. The van der Waals surface area contributed by atoms with Gasteiger partial charge in [-0.15, -0.1) is 11.3 Å². The van der Waals surface area contributed by atoms with Gasteiger partial charge in [0.25, 0.3) is 0 Å². The van der Waals surface area contributed by atoms with Crippen LogP contribution in [0.15, 0.2) is 4.99 Å². The number of guanidine groups is 1. The SMILES string of the molecule is CCc1nc(CCNC(=NC)NCCCOCC(C)C)sc1C. The average molecular weight is 341 g/mol. The van der Waals surface area contributed by atoms with Crippen molar-refractivity contribution in [1.82, 2.24) is 15.6 Å². The van der Waals surface area contributed by atoms with Crippen molar-refractivity contribution < 1.29 is 4.74 Å². The predicted molar refractivity (Wildman–Crippen MR) is 99.6 cm³/mol. The van der Waals surface area contributed by atoms with E-state index in [4.69, 9.17) is 4.74 Å². The van der Waals surface area contributed by atoms with Crippen LogP contribution in [0.5, 0.6) is 0 Å². The summed E-state index contributed by atoms with van der Waals surface area (Å²) >= 11 is 1.80. The molecule has 0 aliphatic carbocycles. The van der Waals surface area contributed by atoms with Crippen molar-refractivity contribution >= 4 is 17.3 Å². The molecule has 0 amide bonds. The maximum absolute atomic E-state index is 5.57. The van der Waals surface area contributed by atoms with E-state index < -0.39 is 0 Å². The third-order valence-corrected chi connectivity index (χ3v) is 4.41. The number of aromatic nitrogens is 1. The first kappa shape index (κ1) is 19.9. The molecule has 0 aromatic carbocycles. The van der Waals surface area contributed by atoms with Crippen molar-refractivity contribution in [2.45, 2.75) is 47.0 Å². The lowest BCUT2D eigenvalue weighted by atomic mass is 10.2. The fourth-order valence-corrected chi connectivity index (χ4v) is 3.15. The average Bonchev–Trinajstić information content (AvgIpc) is 2.88. The lowest BCUT2D eigenvalue weighted by Gasteiger charge is -2.11. The first-order chi connectivity index (χ1) is 11.1. The molecule has 5 nitrogen and oxygen atoms in total. The second-order valence-electron chi connectivity index (χ2n) is 5.96. The highest BCUT2D eigenvalue weighted by molar-refractivity contribution is 7.11. The van der Waals surface area contributed by atoms with Gasteiger partial charge in [0, 0.05) is 44.6 Å². The predicted octanol–water partition coefficient (Wildman–Crippen LogP) is 2.78. The largest absolute Gasteiger partial charge is 0.381 e. The first-order valence-corrected chi connectivity index (χ1v) is 9.35. The fourth-order valence-electron chi connectivity index (χ4n) is 2.13. The minimum atomic E-state index is 0.597. The van der Waals surface area contributed by atoms with Crippen molar-refractivity contribution in [2.24, 2.45) is 10.9 Å². The summed E-state index contributed by atoms with van der Waals surface area (Å²) < 4.78 is 5.57. The van der Waals surface area contributed by atoms with Crippen molar-refractivity contribution in [3.63, 3.8) is 0 Å². The van der Waals surface area contributed by atoms with Gasteiger partial charge in [0.15, 0.2) is 5.96 Å². The molecule has 1 aromatic heterocycles. The van der Waals surface area contributed by atoms with Gasteiger partial charge in [-0.05, 0) is 25.7 Å². The first-order valence-electron chi connectivity index (χ1n) is 8.54. The van der Waals surface area contributed by atoms with E-state index >= 15 is 0 Å². The number of aryl methyl sites for hydroxylation is 2. The lowest BCUT2D eigenvalue weighted by Crippen LogP contribution is -2.39. The van der Waals surface area contributed by atoms with Crippen LogP contribution in [0.2, 0.25) is 0 Å². The van der Waals surface area contributed by atoms with E-state index in [9.17, 15) is 0 Å². The number of nitrogens with one attached hydrogen (secondary N) is 2. The number of rotatable bonds is 10. The second-order valence-corrected chi connectivity index (χ2v) is 7.25. The van der Waals surface area contributed by atoms with Crippen LogP contribution in [0.1, 0.15) is 42.8 Å². The topological polar surface area (TPSA) is 58.5 Å². The Kier molecular flexibility index (Phi) is 9.87. The van der Waals surface area contributed by atoms with Gasteiger partial charge in [-0.25, -0.2) is 4.98 Å². The number of thiazole rings is 1. The maximum Gasteiger partial charge on any atom is 0.190 e. The molecule has 1 rings (SSSR count). The van der Waals surface area contributed by atoms with Crippen LogP contribution in [0.4, 0.5) is 0 Å². The van der Waals surface area contributed by atoms with Crippen LogP contribution in [0, 0.1) is 12.8 Å². The molecule has 0 saturated heterocycles. The summed E-state index contributed by atoms with van der Waals surface area (Å²) in [5.74, 6) is 1.44. The summed E-state index contributed by atoms with van der Waals surface area (Å²) in [7, 11) is 1.80. The number of hydrogen-bond donors (Lipinski definition) is 2. The van der Waals surface area contributed by atoms with Gasteiger partial charge >= 0.3 is 0 Å². The Morgan fingerprint density at radius 3 is 2.65 bits per heavy atom. The number of hydrogen-bond acceptors (Lipinski definition) is 4. The molecule has 0 saturated carbocycles. The normalized spacial score (nSPS) is 12.0. The zero-order valence-corrected chi connectivity index (χ0v) is 16.1. The summed E-state index contributed by atoms with van der Waals surface area (Å²) in [6.45, 7) is 12.0. The van der Waals surface area contributed by atoms with Gasteiger partial charge in [0.2, 0.25) is 0 Å². The molecule has 0 fully saturated rings. The maximum atomic E-state index is 5.57. The van der Waals surface area contributed by atoms with Crippen molar-refractivity contribution in [3.8, 4) is 0 Å². The zero-order chi connectivity index (χ0) is 17.1. The lowest BCUT2D eigenvalue weighted by molar-refractivity contribution is 0.108.